The summed E-state index contributed by atoms with van der Waals surface area (Å²) in [6.45, 7) is 10.2. The molecule has 1 aliphatic carbocycles. The Kier molecular flexibility index (Phi) is 4.30. The van der Waals surface area contributed by atoms with Gasteiger partial charge in [0.25, 0.3) is 0 Å². The summed E-state index contributed by atoms with van der Waals surface area (Å²) in [5.74, 6) is -2.87. The Morgan fingerprint density at radius 1 is 1.39 bits per heavy atom. The molecule has 0 spiro atoms. The Balaban J connectivity index is 2.27. The van der Waals surface area contributed by atoms with Crippen molar-refractivity contribution >= 4 is 5.91 Å². The first-order valence-corrected chi connectivity index (χ1v) is 6.13. The first-order valence-electron chi connectivity index (χ1n) is 6.13. The van der Waals surface area contributed by atoms with Crippen molar-refractivity contribution in [2.45, 2.75) is 39.5 Å². The van der Waals surface area contributed by atoms with Crippen molar-refractivity contribution in [3.63, 3.8) is 0 Å². The molecule has 1 N–H and O–H groups in total. The predicted molar refractivity (Wildman–Crippen MR) is 68.4 cm³/mol. The number of carbonyl (C=O) groups excluding carboxylic acids is 1. The molecule has 102 valence electrons. The lowest BCUT2D eigenvalue weighted by molar-refractivity contribution is -0.122. The van der Waals surface area contributed by atoms with Crippen LogP contribution in [0.2, 0.25) is 0 Å². The highest BCUT2D eigenvalue weighted by Gasteiger charge is 2.44. The van der Waals surface area contributed by atoms with Crippen molar-refractivity contribution in [1.29, 1.82) is 0 Å². The lowest BCUT2D eigenvalue weighted by Crippen LogP contribution is -2.42. The zero-order valence-corrected chi connectivity index (χ0v) is 11.2. The molecule has 0 radical (unpaired) electrons. The molecule has 1 amide bonds. The number of alkyl halides is 2. The van der Waals surface area contributed by atoms with Crippen molar-refractivity contribution in [2.24, 2.45) is 11.3 Å². The summed E-state index contributed by atoms with van der Waals surface area (Å²) >= 11 is 0. The van der Waals surface area contributed by atoms with Crippen molar-refractivity contribution < 1.29 is 13.6 Å². The van der Waals surface area contributed by atoms with Crippen LogP contribution >= 0.6 is 0 Å². The van der Waals surface area contributed by atoms with Crippen LogP contribution < -0.4 is 5.32 Å². The Morgan fingerprint density at radius 2 is 1.94 bits per heavy atom. The molecule has 0 unspecified atom stereocenters. The number of allylic oxidation sites excluding steroid dienone is 2. The third kappa shape index (κ3) is 4.59. The zero-order valence-electron chi connectivity index (χ0n) is 11.2. The predicted octanol–water partition coefficient (Wildman–Crippen LogP) is 3.31. The second kappa shape index (κ2) is 5.21. The normalized spacial score (nSPS) is 19.6. The number of nitrogens with one attached hydrogen (secondary N) is 1. The van der Waals surface area contributed by atoms with E-state index in [1.807, 2.05) is 20.8 Å². The van der Waals surface area contributed by atoms with Crippen molar-refractivity contribution in [2.75, 3.05) is 6.54 Å². The third-order valence-electron chi connectivity index (χ3n) is 3.14. The maximum Gasteiger partial charge on any atom is 0.248 e. The molecule has 0 aromatic heterocycles. The molecule has 1 saturated carbocycles. The lowest BCUT2D eigenvalue weighted by atomic mass is 9.81. The Morgan fingerprint density at radius 3 is 2.39 bits per heavy atom. The minimum absolute atomic E-state index is 0.0766. The quantitative estimate of drug-likeness (QED) is 0.607. The van der Waals surface area contributed by atoms with Gasteiger partial charge in [0.1, 0.15) is 0 Å². The van der Waals surface area contributed by atoms with Gasteiger partial charge in [0.05, 0.1) is 0 Å². The van der Waals surface area contributed by atoms with Gasteiger partial charge >= 0.3 is 0 Å². The molecule has 0 heterocycles. The van der Waals surface area contributed by atoms with Crippen LogP contribution in [0, 0.1) is 11.3 Å². The van der Waals surface area contributed by atoms with Gasteiger partial charge in [-0.15, -0.1) is 0 Å². The number of hydrogen-bond acceptors (Lipinski definition) is 1. The molecule has 18 heavy (non-hydrogen) atoms. The van der Waals surface area contributed by atoms with Crippen LogP contribution in [0.25, 0.3) is 0 Å². The summed E-state index contributed by atoms with van der Waals surface area (Å²) in [6.07, 6.45) is 2.84. The van der Waals surface area contributed by atoms with Gasteiger partial charge in [0, 0.05) is 25.5 Å². The lowest BCUT2D eigenvalue weighted by Gasteiger charge is -2.34. The van der Waals surface area contributed by atoms with E-state index in [0.29, 0.717) is 6.54 Å². The minimum atomic E-state index is -2.52. The van der Waals surface area contributed by atoms with Crippen molar-refractivity contribution in [1.82, 2.24) is 5.32 Å². The van der Waals surface area contributed by atoms with E-state index in [-0.39, 0.29) is 30.1 Å². The molecule has 0 aliphatic heterocycles. The zero-order chi connectivity index (χ0) is 14.0. The maximum absolute atomic E-state index is 12.6. The van der Waals surface area contributed by atoms with Gasteiger partial charge in [-0.3, -0.25) is 4.79 Å². The van der Waals surface area contributed by atoms with Crippen LogP contribution in [0.15, 0.2) is 24.3 Å². The topological polar surface area (TPSA) is 29.1 Å². The Labute approximate surface area is 107 Å². The summed E-state index contributed by atoms with van der Waals surface area (Å²) in [5, 5.41) is 2.63. The Hall–Kier alpha value is -1.19. The van der Waals surface area contributed by atoms with Gasteiger partial charge in [0.2, 0.25) is 11.8 Å². The van der Waals surface area contributed by atoms with E-state index in [1.165, 1.54) is 6.08 Å². The molecule has 1 aliphatic rings. The smallest absolute Gasteiger partial charge is 0.248 e. The average molecular weight is 257 g/mol. The highest BCUT2D eigenvalue weighted by Crippen LogP contribution is 2.41. The molecule has 0 aromatic carbocycles. The molecular weight excluding hydrogens is 236 g/mol. The van der Waals surface area contributed by atoms with Crippen LogP contribution in [0.5, 0.6) is 0 Å². The van der Waals surface area contributed by atoms with Crippen LogP contribution in [0.3, 0.4) is 0 Å². The van der Waals surface area contributed by atoms with E-state index >= 15 is 0 Å². The molecule has 2 nitrogen and oxygen atoms in total. The molecule has 4 heteroatoms. The SMILES string of the molecule is C=C(/C=C\C(=O)NCC1CC(F)(F)C1)C(C)(C)C. The molecule has 1 rings (SSSR count). The van der Waals surface area contributed by atoms with Crippen LogP contribution in [0.4, 0.5) is 8.78 Å². The first-order chi connectivity index (χ1) is 8.10. The Bertz CT molecular complexity index is 358. The number of carbonyl (C=O) groups is 1. The van der Waals surface area contributed by atoms with Gasteiger partial charge in [-0.25, -0.2) is 8.78 Å². The average Bonchev–Trinajstić information content (AvgIpc) is 2.18. The summed E-state index contributed by atoms with van der Waals surface area (Å²) < 4.78 is 25.1. The van der Waals surface area contributed by atoms with E-state index in [9.17, 15) is 13.6 Å². The van der Waals surface area contributed by atoms with E-state index in [4.69, 9.17) is 0 Å². The largest absolute Gasteiger partial charge is 0.352 e. The molecule has 1 fully saturated rings. The fraction of sp³-hybridized carbons (Fsp3) is 0.643. The highest BCUT2D eigenvalue weighted by atomic mass is 19.3. The van der Waals surface area contributed by atoms with Crippen molar-refractivity contribution in [3.05, 3.63) is 24.3 Å². The van der Waals surface area contributed by atoms with Gasteiger partial charge in [-0.05, 0) is 16.9 Å². The fourth-order valence-corrected chi connectivity index (χ4v) is 1.66. The van der Waals surface area contributed by atoms with Gasteiger partial charge < -0.3 is 5.32 Å². The highest BCUT2D eigenvalue weighted by molar-refractivity contribution is 5.87. The molecule has 0 atom stereocenters. The van der Waals surface area contributed by atoms with E-state index in [0.717, 1.165) is 5.57 Å². The van der Waals surface area contributed by atoms with Crippen LogP contribution in [-0.2, 0) is 4.79 Å². The van der Waals surface area contributed by atoms with E-state index in [2.05, 4.69) is 11.9 Å². The molecule has 0 bridgehead atoms. The summed E-state index contributed by atoms with van der Waals surface area (Å²) in [4.78, 5) is 11.5. The van der Waals surface area contributed by atoms with Gasteiger partial charge in [-0.1, -0.05) is 33.4 Å². The van der Waals surface area contributed by atoms with Crippen LogP contribution in [-0.4, -0.2) is 18.4 Å². The third-order valence-corrected chi connectivity index (χ3v) is 3.14. The summed E-state index contributed by atoms with van der Waals surface area (Å²) in [7, 11) is 0. The maximum atomic E-state index is 12.6. The van der Waals surface area contributed by atoms with Gasteiger partial charge in [-0.2, -0.15) is 0 Å². The standard InChI is InChI=1S/C14H21F2NO/c1-10(13(2,3)4)5-6-12(18)17-9-11-7-14(15,16)8-11/h5-6,11H,1,7-9H2,2-4H3,(H,17,18)/b6-5-. The summed E-state index contributed by atoms with van der Waals surface area (Å²) in [6, 6.07) is 0. The van der Waals surface area contributed by atoms with E-state index in [1.54, 1.807) is 6.08 Å². The summed E-state index contributed by atoms with van der Waals surface area (Å²) in [5.41, 5.74) is 0.778. The number of hydrogen-bond donors (Lipinski definition) is 1. The van der Waals surface area contributed by atoms with Crippen LogP contribution in [0.1, 0.15) is 33.6 Å². The van der Waals surface area contributed by atoms with Crippen molar-refractivity contribution in [3.8, 4) is 0 Å². The second-order valence-electron chi connectivity index (χ2n) is 5.98. The monoisotopic (exact) mass is 257 g/mol. The fourth-order valence-electron chi connectivity index (χ4n) is 1.66. The molecule has 0 saturated heterocycles. The number of amides is 1. The molecule has 0 aromatic rings. The molecular formula is C14H21F2NO. The van der Waals surface area contributed by atoms with E-state index < -0.39 is 5.92 Å². The number of halogens is 2. The second-order valence-corrected chi connectivity index (χ2v) is 5.98. The number of rotatable bonds is 4. The minimum Gasteiger partial charge on any atom is -0.352 e. The van der Waals surface area contributed by atoms with Gasteiger partial charge in [0.15, 0.2) is 0 Å². The first kappa shape index (κ1) is 14.9.